The van der Waals surface area contributed by atoms with Crippen molar-refractivity contribution in [2.24, 2.45) is 0 Å². The van der Waals surface area contributed by atoms with Crippen LogP contribution in [0.1, 0.15) is 15.9 Å². The lowest BCUT2D eigenvalue weighted by Crippen LogP contribution is -2.48. The van der Waals surface area contributed by atoms with Crippen molar-refractivity contribution in [3.05, 3.63) is 95.0 Å². The Morgan fingerprint density at radius 3 is 2.03 bits per heavy atom. The highest BCUT2D eigenvalue weighted by molar-refractivity contribution is 7.80. The largest absolute Gasteiger partial charge is 0.490 e. The molecule has 9 heteroatoms. The monoisotopic (exact) mass is 483 g/mol. The molecular weight excluding hydrogens is 462 g/mol. The number of ether oxygens (including phenoxy) is 2. The maximum absolute atomic E-state index is 12.3. The highest BCUT2D eigenvalue weighted by atomic mass is 35.5. The molecule has 0 fully saturated rings. The van der Waals surface area contributed by atoms with E-state index in [1.807, 2.05) is 30.3 Å². The summed E-state index contributed by atoms with van der Waals surface area (Å²) in [7, 11) is 0. The Hall–Kier alpha value is -3.62. The molecule has 3 N–H and O–H groups in total. The summed E-state index contributed by atoms with van der Waals surface area (Å²) in [5.74, 6) is 0.655. The number of carbonyl (C=O) groups excluding carboxylic acids is 2. The predicted octanol–water partition coefficient (Wildman–Crippen LogP) is 3.68. The smallest absolute Gasteiger partial charge is 0.257 e. The van der Waals surface area contributed by atoms with Crippen LogP contribution >= 0.6 is 23.8 Å². The van der Waals surface area contributed by atoms with Crippen LogP contribution in [-0.4, -0.2) is 30.1 Å². The third kappa shape index (κ3) is 8.44. The molecule has 0 spiro atoms. The molecule has 0 saturated heterocycles. The molecule has 3 aromatic carbocycles. The highest BCUT2D eigenvalue weighted by Gasteiger charge is 2.09. The van der Waals surface area contributed by atoms with E-state index in [1.54, 1.807) is 48.5 Å². The van der Waals surface area contributed by atoms with Crippen LogP contribution in [0.2, 0.25) is 5.02 Å². The average Bonchev–Trinajstić information content (AvgIpc) is 2.83. The van der Waals surface area contributed by atoms with Crippen LogP contribution in [0.4, 0.5) is 0 Å². The van der Waals surface area contributed by atoms with Gasteiger partial charge in [-0.3, -0.25) is 25.8 Å². The Morgan fingerprint density at radius 2 is 1.39 bits per heavy atom. The summed E-state index contributed by atoms with van der Waals surface area (Å²) in [6, 6.07) is 23.0. The maximum Gasteiger partial charge on any atom is 0.257 e. The van der Waals surface area contributed by atoms with Crippen molar-refractivity contribution >= 4 is 40.7 Å². The van der Waals surface area contributed by atoms with E-state index < -0.39 is 5.91 Å². The van der Waals surface area contributed by atoms with Crippen molar-refractivity contribution < 1.29 is 19.1 Å². The maximum atomic E-state index is 12.3. The summed E-state index contributed by atoms with van der Waals surface area (Å²) in [5.41, 5.74) is 6.13. The topological polar surface area (TPSA) is 88.7 Å². The fourth-order valence-corrected chi connectivity index (χ4v) is 2.97. The highest BCUT2D eigenvalue weighted by Crippen LogP contribution is 2.13. The molecule has 0 saturated carbocycles. The molecule has 170 valence electrons. The average molecular weight is 484 g/mol. The molecule has 7 nitrogen and oxygen atoms in total. The second-order valence-electron chi connectivity index (χ2n) is 6.79. The standard InChI is InChI=1S/C24H22ClN3O4S/c25-19-10-6-17(7-11-19)16-22(29)27-28-24(33)26-23(30)18-8-12-21(13-9-18)32-15-14-31-20-4-2-1-3-5-20/h1-13H,14-16H2,(H,27,29)(H2,26,28,30,33). The summed E-state index contributed by atoms with van der Waals surface area (Å²) >= 11 is 10.9. The minimum atomic E-state index is -0.418. The van der Waals surface area contributed by atoms with Gasteiger partial charge in [0.1, 0.15) is 24.7 Å². The van der Waals surface area contributed by atoms with Gasteiger partial charge in [0, 0.05) is 10.6 Å². The Bertz CT molecular complexity index is 1080. The van der Waals surface area contributed by atoms with Gasteiger partial charge in [0.2, 0.25) is 5.91 Å². The van der Waals surface area contributed by atoms with Gasteiger partial charge in [-0.05, 0) is 66.3 Å². The number of carbonyl (C=O) groups is 2. The van der Waals surface area contributed by atoms with Crippen LogP contribution in [0.15, 0.2) is 78.9 Å². The number of hydrogen-bond donors (Lipinski definition) is 3. The van der Waals surface area contributed by atoms with E-state index in [-0.39, 0.29) is 17.4 Å². The number of benzene rings is 3. The summed E-state index contributed by atoms with van der Waals surface area (Å²) in [6.07, 6.45) is 0.137. The third-order valence-corrected chi connectivity index (χ3v) is 4.76. The Kier molecular flexibility index (Phi) is 9.05. The van der Waals surface area contributed by atoms with Gasteiger partial charge in [-0.1, -0.05) is 41.9 Å². The van der Waals surface area contributed by atoms with E-state index in [4.69, 9.17) is 33.3 Å². The van der Waals surface area contributed by atoms with Crippen LogP contribution in [0.25, 0.3) is 0 Å². The normalized spacial score (nSPS) is 10.1. The Morgan fingerprint density at radius 1 is 0.788 bits per heavy atom. The van der Waals surface area contributed by atoms with Crippen LogP contribution in [0, 0.1) is 0 Å². The molecule has 0 aliphatic rings. The van der Waals surface area contributed by atoms with Gasteiger partial charge in [-0.2, -0.15) is 0 Å². The predicted molar refractivity (Wildman–Crippen MR) is 130 cm³/mol. The molecule has 2 amide bonds. The van der Waals surface area contributed by atoms with Crippen LogP contribution in [0.5, 0.6) is 11.5 Å². The molecule has 3 aromatic rings. The summed E-state index contributed by atoms with van der Waals surface area (Å²) in [4.78, 5) is 24.3. The van der Waals surface area contributed by atoms with Crippen molar-refractivity contribution in [3.8, 4) is 11.5 Å². The fourth-order valence-electron chi connectivity index (χ4n) is 2.70. The minimum absolute atomic E-state index is 0.0251. The number of para-hydroxylation sites is 1. The first kappa shape index (κ1) is 24.0. The van der Waals surface area contributed by atoms with E-state index in [0.29, 0.717) is 29.5 Å². The van der Waals surface area contributed by atoms with E-state index in [2.05, 4.69) is 16.2 Å². The summed E-state index contributed by atoms with van der Waals surface area (Å²) in [6.45, 7) is 0.764. The number of rotatable bonds is 8. The lowest BCUT2D eigenvalue weighted by molar-refractivity contribution is -0.121. The van der Waals surface area contributed by atoms with Gasteiger partial charge in [-0.15, -0.1) is 0 Å². The zero-order valence-electron chi connectivity index (χ0n) is 17.5. The number of nitrogens with one attached hydrogen (secondary N) is 3. The quantitative estimate of drug-likeness (QED) is 0.257. The van der Waals surface area contributed by atoms with E-state index in [0.717, 1.165) is 11.3 Å². The van der Waals surface area contributed by atoms with E-state index in [9.17, 15) is 9.59 Å². The second kappa shape index (κ2) is 12.4. The van der Waals surface area contributed by atoms with Crippen molar-refractivity contribution in [2.45, 2.75) is 6.42 Å². The molecule has 0 aromatic heterocycles. The molecule has 33 heavy (non-hydrogen) atoms. The van der Waals surface area contributed by atoms with Gasteiger partial charge >= 0.3 is 0 Å². The minimum Gasteiger partial charge on any atom is -0.490 e. The number of amides is 2. The van der Waals surface area contributed by atoms with E-state index >= 15 is 0 Å². The summed E-state index contributed by atoms with van der Waals surface area (Å²) < 4.78 is 11.2. The number of halogens is 1. The van der Waals surface area contributed by atoms with Crippen molar-refractivity contribution in [1.82, 2.24) is 16.2 Å². The molecule has 0 aliphatic heterocycles. The van der Waals surface area contributed by atoms with Crippen molar-refractivity contribution in [2.75, 3.05) is 13.2 Å². The molecule has 3 rings (SSSR count). The fraction of sp³-hybridized carbons (Fsp3) is 0.125. The Labute approximate surface area is 202 Å². The third-order valence-electron chi connectivity index (χ3n) is 4.30. The van der Waals surface area contributed by atoms with Gasteiger partial charge in [-0.25, -0.2) is 0 Å². The molecule has 0 radical (unpaired) electrons. The summed E-state index contributed by atoms with van der Waals surface area (Å²) in [5, 5.41) is 3.07. The van der Waals surface area contributed by atoms with Crippen molar-refractivity contribution in [3.63, 3.8) is 0 Å². The van der Waals surface area contributed by atoms with Gasteiger partial charge in [0.05, 0.1) is 6.42 Å². The lowest BCUT2D eigenvalue weighted by atomic mass is 10.1. The first-order chi connectivity index (χ1) is 16.0. The number of hydrazine groups is 1. The Balaban J connectivity index is 1.36. The SMILES string of the molecule is O=C(Cc1ccc(Cl)cc1)NNC(=S)NC(=O)c1ccc(OCCOc2ccccc2)cc1. The van der Waals surface area contributed by atoms with Gasteiger partial charge in [0.25, 0.3) is 5.91 Å². The number of hydrogen-bond acceptors (Lipinski definition) is 5. The number of thiocarbonyl (C=S) groups is 1. The van der Waals surface area contributed by atoms with E-state index in [1.165, 1.54) is 0 Å². The molecule has 0 atom stereocenters. The van der Waals surface area contributed by atoms with Crippen LogP contribution in [0.3, 0.4) is 0 Å². The molecular formula is C24H22ClN3O4S. The molecule has 0 aliphatic carbocycles. The zero-order chi connectivity index (χ0) is 23.5. The van der Waals surface area contributed by atoms with Crippen LogP contribution < -0.4 is 25.6 Å². The van der Waals surface area contributed by atoms with Crippen LogP contribution in [-0.2, 0) is 11.2 Å². The van der Waals surface area contributed by atoms with Crippen molar-refractivity contribution in [1.29, 1.82) is 0 Å². The molecule has 0 unspecified atom stereocenters. The zero-order valence-corrected chi connectivity index (χ0v) is 19.1. The van der Waals surface area contributed by atoms with Gasteiger partial charge < -0.3 is 9.47 Å². The first-order valence-electron chi connectivity index (χ1n) is 10.0. The lowest BCUT2D eigenvalue weighted by Gasteiger charge is -2.11. The molecule has 0 bridgehead atoms. The molecule has 0 heterocycles. The second-order valence-corrected chi connectivity index (χ2v) is 7.64. The van der Waals surface area contributed by atoms with Gasteiger partial charge in [0.15, 0.2) is 5.11 Å². The first-order valence-corrected chi connectivity index (χ1v) is 10.8.